The van der Waals surface area contributed by atoms with Crippen LogP contribution < -0.4 is 4.87 Å². The fraction of sp³-hybridized carbons (Fsp3) is 0.0769. The van der Waals surface area contributed by atoms with E-state index in [1.165, 1.54) is 10.6 Å². The average molecular weight is 296 g/mol. The van der Waals surface area contributed by atoms with E-state index in [0.29, 0.717) is 5.52 Å². The van der Waals surface area contributed by atoms with Crippen molar-refractivity contribution in [1.82, 2.24) is 9.55 Å². The second-order valence-electron chi connectivity index (χ2n) is 4.07. The molecule has 2 heterocycles. The Hall–Kier alpha value is -2.15. The van der Waals surface area contributed by atoms with Gasteiger partial charge in [0.1, 0.15) is 5.82 Å². The molecule has 3 rings (SSSR count). The van der Waals surface area contributed by atoms with Crippen molar-refractivity contribution in [2.75, 3.05) is 0 Å². The van der Waals surface area contributed by atoms with Crippen LogP contribution in [-0.4, -0.2) is 9.55 Å². The summed E-state index contributed by atoms with van der Waals surface area (Å²) in [6.45, 7) is 0. The molecular weight excluding hydrogens is 289 g/mol. The van der Waals surface area contributed by atoms with E-state index in [1.807, 2.05) is 0 Å². The zero-order valence-corrected chi connectivity index (χ0v) is 10.7. The number of thiazole rings is 1. The number of para-hydroxylation sites is 1. The SMILES string of the molecule is O=c1sc2ccccc2n1-c1ccc(C(F)(F)F)cn1. The highest BCUT2D eigenvalue weighted by Crippen LogP contribution is 2.29. The molecule has 20 heavy (non-hydrogen) atoms. The zero-order chi connectivity index (χ0) is 14.3. The Balaban J connectivity index is 2.17. The Bertz CT molecular complexity index is 818. The average Bonchev–Trinajstić information content (AvgIpc) is 2.73. The molecule has 0 radical (unpaired) electrons. The highest BCUT2D eigenvalue weighted by molar-refractivity contribution is 7.16. The van der Waals surface area contributed by atoms with Gasteiger partial charge in [-0.15, -0.1) is 0 Å². The van der Waals surface area contributed by atoms with Crippen LogP contribution in [0.25, 0.3) is 16.0 Å². The predicted octanol–water partition coefficient (Wildman–Crippen LogP) is 3.47. The minimum absolute atomic E-state index is 0.181. The molecule has 0 bridgehead atoms. The van der Waals surface area contributed by atoms with Crippen molar-refractivity contribution in [3.05, 3.63) is 57.8 Å². The van der Waals surface area contributed by atoms with E-state index in [2.05, 4.69) is 4.98 Å². The maximum absolute atomic E-state index is 12.5. The summed E-state index contributed by atoms with van der Waals surface area (Å²) in [5, 5.41) is 0. The molecule has 0 saturated carbocycles. The van der Waals surface area contributed by atoms with Gasteiger partial charge in [0.25, 0.3) is 0 Å². The van der Waals surface area contributed by atoms with Crippen LogP contribution in [0.3, 0.4) is 0 Å². The monoisotopic (exact) mass is 296 g/mol. The van der Waals surface area contributed by atoms with Gasteiger partial charge in [-0.2, -0.15) is 13.2 Å². The van der Waals surface area contributed by atoms with Crippen LogP contribution in [-0.2, 0) is 6.18 Å². The molecule has 3 aromatic rings. The number of pyridine rings is 1. The van der Waals surface area contributed by atoms with Crippen molar-refractivity contribution in [1.29, 1.82) is 0 Å². The van der Waals surface area contributed by atoms with Crippen molar-refractivity contribution in [3.63, 3.8) is 0 Å². The molecule has 0 N–H and O–H groups in total. The van der Waals surface area contributed by atoms with E-state index in [4.69, 9.17) is 0 Å². The standard InChI is InChI=1S/C13H7F3N2OS/c14-13(15,16)8-5-6-11(17-7-8)18-9-3-1-2-4-10(9)20-12(18)19/h1-7H. The number of halogens is 3. The fourth-order valence-electron chi connectivity index (χ4n) is 1.87. The van der Waals surface area contributed by atoms with Crippen molar-refractivity contribution < 1.29 is 13.2 Å². The van der Waals surface area contributed by atoms with Gasteiger partial charge in [-0.3, -0.25) is 9.36 Å². The summed E-state index contributed by atoms with van der Waals surface area (Å²) in [4.78, 5) is 15.4. The summed E-state index contributed by atoms with van der Waals surface area (Å²) in [6, 6.07) is 9.18. The molecule has 2 aromatic heterocycles. The largest absolute Gasteiger partial charge is 0.417 e. The summed E-state index contributed by atoms with van der Waals surface area (Å²) < 4.78 is 39.5. The summed E-state index contributed by atoms with van der Waals surface area (Å²) in [7, 11) is 0. The first kappa shape index (κ1) is 12.9. The van der Waals surface area contributed by atoms with Crippen molar-refractivity contribution in [2.24, 2.45) is 0 Å². The maximum atomic E-state index is 12.5. The van der Waals surface area contributed by atoms with Crippen LogP contribution in [0.5, 0.6) is 0 Å². The van der Waals surface area contributed by atoms with Gasteiger partial charge < -0.3 is 0 Å². The van der Waals surface area contributed by atoms with Gasteiger partial charge in [0.15, 0.2) is 0 Å². The van der Waals surface area contributed by atoms with Crippen molar-refractivity contribution in [2.45, 2.75) is 6.18 Å². The molecule has 0 atom stereocenters. The lowest BCUT2D eigenvalue weighted by atomic mass is 10.2. The summed E-state index contributed by atoms with van der Waals surface area (Å²) in [5.74, 6) is 0.181. The second kappa shape index (κ2) is 4.45. The van der Waals surface area contributed by atoms with E-state index in [-0.39, 0.29) is 10.7 Å². The molecule has 0 saturated heterocycles. The molecule has 102 valence electrons. The Morgan fingerprint density at radius 1 is 1.10 bits per heavy atom. The third kappa shape index (κ3) is 2.09. The molecular formula is C13H7F3N2OS. The van der Waals surface area contributed by atoms with Gasteiger partial charge in [-0.25, -0.2) is 4.98 Å². The second-order valence-corrected chi connectivity index (χ2v) is 5.07. The molecule has 0 fully saturated rings. The Morgan fingerprint density at radius 2 is 1.85 bits per heavy atom. The van der Waals surface area contributed by atoms with Crippen molar-refractivity contribution >= 4 is 21.6 Å². The summed E-state index contributed by atoms with van der Waals surface area (Å²) >= 11 is 1.03. The molecule has 0 unspecified atom stereocenters. The number of aromatic nitrogens is 2. The third-order valence-electron chi connectivity index (χ3n) is 2.79. The number of nitrogens with zero attached hydrogens (tertiary/aromatic N) is 2. The van der Waals surface area contributed by atoms with Crippen LogP contribution in [0.4, 0.5) is 13.2 Å². The number of rotatable bonds is 1. The van der Waals surface area contributed by atoms with Crippen molar-refractivity contribution in [3.8, 4) is 5.82 Å². The van der Waals surface area contributed by atoms with Crippen LogP contribution >= 0.6 is 11.3 Å². The van der Waals surface area contributed by atoms with Gasteiger partial charge in [-0.1, -0.05) is 23.5 Å². The minimum Gasteiger partial charge on any atom is -0.256 e. The lowest BCUT2D eigenvalue weighted by molar-refractivity contribution is -0.137. The first-order valence-corrected chi connectivity index (χ1v) is 6.43. The topological polar surface area (TPSA) is 34.9 Å². The van der Waals surface area contributed by atoms with E-state index < -0.39 is 11.7 Å². The van der Waals surface area contributed by atoms with E-state index in [9.17, 15) is 18.0 Å². The van der Waals surface area contributed by atoms with Crippen LogP contribution in [0, 0.1) is 0 Å². The molecule has 0 aliphatic heterocycles. The maximum Gasteiger partial charge on any atom is 0.417 e. The highest BCUT2D eigenvalue weighted by Gasteiger charge is 2.30. The smallest absolute Gasteiger partial charge is 0.256 e. The van der Waals surface area contributed by atoms with Gasteiger partial charge in [-0.05, 0) is 24.3 Å². The normalized spacial score (nSPS) is 11.9. The number of fused-ring (bicyclic) bond motifs is 1. The Kier molecular flexibility index (Phi) is 2.86. The first-order valence-electron chi connectivity index (χ1n) is 5.61. The molecule has 0 aliphatic carbocycles. The van der Waals surface area contributed by atoms with Gasteiger partial charge >= 0.3 is 11.0 Å². The fourth-order valence-corrected chi connectivity index (χ4v) is 2.75. The molecule has 1 aromatic carbocycles. The van der Waals surface area contributed by atoms with Gasteiger partial charge in [0, 0.05) is 6.20 Å². The van der Waals surface area contributed by atoms with Crippen LogP contribution in [0.2, 0.25) is 0 Å². The van der Waals surface area contributed by atoms with Crippen LogP contribution in [0.15, 0.2) is 47.4 Å². The van der Waals surface area contributed by atoms with E-state index >= 15 is 0 Å². The van der Waals surface area contributed by atoms with E-state index in [1.54, 1.807) is 24.3 Å². The third-order valence-corrected chi connectivity index (χ3v) is 3.71. The van der Waals surface area contributed by atoms with Gasteiger partial charge in [0.05, 0.1) is 15.8 Å². The minimum atomic E-state index is -4.44. The number of benzene rings is 1. The number of hydrogen-bond acceptors (Lipinski definition) is 3. The van der Waals surface area contributed by atoms with Gasteiger partial charge in [0.2, 0.25) is 0 Å². The molecule has 3 nitrogen and oxygen atoms in total. The summed E-state index contributed by atoms with van der Waals surface area (Å²) in [6.07, 6.45) is -3.71. The Morgan fingerprint density at radius 3 is 2.50 bits per heavy atom. The molecule has 0 aliphatic rings. The van der Waals surface area contributed by atoms with E-state index in [0.717, 1.165) is 28.3 Å². The quantitative estimate of drug-likeness (QED) is 0.689. The number of alkyl halides is 3. The summed E-state index contributed by atoms with van der Waals surface area (Å²) in [5.41, 5.74) is -0.205. The lowest BCUT2D eigenvalue weighted by Crippen LogP contribution is -2.13. The Labute approximate surface area is 114 Å². The molecule has 0 spiro atoms. The first-order chi connectivity index (χ1) is 9.47. The molecule has 7 heteroatoms. The highest BCUT2D eigenvalue weighted by atomic mass is 32.1. The number of hydrogen-bond donors (Lipinski definition) is 0. The molecule has 0 amide bonds. The predicted molar refractivity (Wildman–Crippen MR) is 70.2 cm³/mol. The zero-order valence-electron chi connectivity index (χ0n) is 9.89. The lowest BCUT2D eigenvalue weighted by Gasteiger charge is -2.07. The van der Waals surface area contributed by atoms with Crippen LogP contribution in [0.1, 0.15) is 5.56 Å².